The fraction of sp³-hybridized carbons (Fsp3) is 0.667. The first kappa shape index (κ1) is 16.7. The highest BCUT2D eigenvalue weighted by Gasteiger charge is 2.31. The summed E-state index contributed by atoms with van der Waals surface area (Å²) in [6, 6.07) is 0. The van der Waals surface area contributed by atoms with Gasteiger partial charge in [-0.2, -0.15) is 0 Å². The van der Waals surface area contributed by atoms with Crippen LogP contribution in [0.15, 0.2) is 17.7 Å². The number of thiazole rings is 1. The SMILES string of the molecule is Cc1ncsc1CN(C)C[C@H]1CCN(C(=O)[C@H]2CC=CCC2)C1. The molecule has 1 fully saturated rings. The molecule has 2 atom stereocenters. The second-order valence-corrected chi connectivity index (χ2v) is 7.92. The smallest absolute Gasteiger partial charge is 0.226 e. The molecule has 5 heteroatoms. The predicted octanol–water partition coefficient (Wildman–Crippen LogP) is 3.09. The minimum absolute atomic E-state index is 0.233. The van der Waals surface area contributed by atoms with Gasteiger partial charge in [-0.1, -0.05) is 12.2 Å². The van der Waals surface area contributed by atoms with Crippen LogP contribution in [0.3, 0.4) is 0 Å². The molecule has 0 unspecified atom stereocenters. The Bertz CT molecular complexity index is 568. The van der Waals surface area contributed by atoms with Crippen molar-refractivity contribution in [3.8, 4) is 0 Å². The van der Waals surface area contributed by atoms with Gasteiger partial charge < -0.3 is 9.80 Å². The van der Waals surface area contributed by atoms with Gasteiger partial charge in [-0.05, 0) is 45.6 Å². The summed E-state index contributed by atoms with van der Waals surface area (Å²) in [5.41, 5.74) is 3.07. The molecule has 1 saturated heterocycles. The van der Waals surface area contributed by atoms with Gasteiger partial charge in [-0.3, -0.25) is 4.79 Å². The molecule has 0 spiro atoms. The number of aromatic nitrogens is 1. The highest BCUT2D eigenvalue weighted by Crippen LogP contribution is 2.25. The Morgan fingerprint density at radius 3 is 3.00 bits per heavy atom. The van der Waals surface area contributed by atoms with Crippen molar-refractivity contribution in [2.45, 2.75) is 39.2 Å². The number of carbonyl (C=O) groups excluding carboxylic acids is 1. The van der Waals surface area contributed by atoms with Crippen molar-refractivity contribution in [2.24, 2.45) is 11.8 Å². The average Bonchev–Trinajstić information content (AvgIpc) is 3.17. The van der Waals surface area contributed by atoms with Gasteiger partial charge in [-0.25, -0.2) is 4.98 Å². The lowest BCUT2D eigenvalue weighted by Gasteiger charge is -2.25. The van der Waals surface area contributed by atoms with Crippen molar-refractivity contribution in [1.29, 1.82) is 0 Å². The summed E-state index contributed by atoms with van der Waals surface area (Å²) >= 11 is 1.74. The van der Waals surface area contributed by atoms with E-state index in [0.717, 1.165) is 57.6 Å². The molecule has 2 aliphatic rings. The zero-order valence-corrected chi connectivity index (χ0v) is 15.0. The van der Waals surface area contributed by atoms with Gasteiger partial charge in [-0.15, -0.1) is 11.3 Å². The number of nitrogens with zero attached hydrogens (tertiary/aromatic N) is 3. The molecule has 1 aromatic rings. The highest BCUT2D eigenvalue weighted by molar-refractivity contribution is 7.09. The normalized spacial score (nSPS) is 24.6. The molecule has 0 radical (unpaired) electrons. The van der Waals surface area contributed by atoms with Gasteiger partial charge in [0, 0.05) is 37.0 Å². The molecule has 0 aromatic carbocycles. The molecule has 0 saturated carbocycles. The van der Waals surface area contributed by atoms with Crippen LogP contribution in [0.25, 0.3) is 0 Å². The summed E-state index contributed by atoms with van der Waals surface area (Å²) in [5.74, 6) is 1.23. The van der Waals surface area contributed by atoms with Crippen molar-refractivity contribution in [3.63, 3.8) is 0 Å². The Morgan fingerprint density at radius 1 is 1.43 bits per heavy atom. The van der Waals surface area contributed by atoms with E-state index in [9.17, 15) is 4.79 Å². The molecule has 23 heavy (non-hydrogen) atoms. The third kappa shape index (κ3) is 4.21. The van der Waals surface area contributed by atoms with E-state index in [-0.39, 0.29) is 5.92 Å². The predicted molar refractivity (Wildman–Crippen MR) is 94.4 cm³/mol. The molecule has 0 N–H and O–H groups in total. The van der Waals surface area contributed by atoms with Gasteiger partial charge in [0.15, 0.2) is 0 Å². The minimum atomic E-state index is 0.233. The van der Waals surface area contributed by atoms with E-state index in [1.165, 1.54) is 4.88 Å². The zero-order chi connectivity index (χ0) is 16.2. The van der Waals surface area contributed by atoms with Crippen LogP contribution in [0, 0.1) is 18.8 Å². The van der Waals surface area contributed by atoms with Gasteiger partial charge in [0.25, 0.3) is 0 Å². The largest absolute Gasteiger partial charge is 0.342 e. The van der Waals surface area contributed by atoms with E-state index in [1.54, 1.807) is 11.3 Å². The van der Waals surface area contributed by atoms with Crippen molar-refractivity contribution in [3.05, 3.63) is 28.2 Å². The lowest BCUT2D eigenvalue weighted by Crippen LogP contribution is -2.36. The number of amides is 1. The molecule has 1 aliphatic carbocycles. The van der Waals surface area contributed by atoms with Gasteiger partial charge in [0.2, 0.25) is 5.91 Å². The van der Waals surface area contributed by atoms with Gasteiger partial charge in [0.05, 0.1) is 11.2 Å². The molecule has 2 heterocycles. The number of carbonyl (C=O) groups is 1. The summed E-state index contributed by atoms with van der Waals surface area (Å²) in [5, 5.41) is 0. The summed E-state index contributed by atoms with van der Waals surface area (Å²) < 4.78 is 0. The summed E-state index contributed by atoms with van der Waals surface area (Å²) in [6.07, 6.45) is 8.54. The summed E-state index contributed by atoms with van der Waals surface area (Å²) in [6.45, 7) is 5.98. The van der Waals surface area contributed by atoms with E-state index >= 15 is 0 Å². The van der Waals surface area contributed by atoms with E-state index in [0.29, 0.717) is 11.8 Å². The molecule has 4 nitrogen and oxygen atoms in total. The van der Waals surface area contributed by atoms with Crippen molar-refractivity contribution in [2.75, 3.05) is 26.7 Å². The van der Waals surface area contributed by atoms with Crippen molar-refractivity contribution < 1.29 is 4.79 Å². The minimum Gasteiger partial charge on any atom is -0.342 e. The Labute approximate surface area is 143 Å². The number of rotatable bonds is 5. The maximum Gasteiger partial charge on any atom is 0.226 e. The fourth-order valence-electron chi connectivity index (χ4n) is 3.69. The van der Waals surface area contributed by atoms with Gasteiger partial charge >= 0.3 is 0 Å². The van der Waals surface area contributed by atoms with Crippen molar-refractivity contribution in [1.82, 2.24) is 14.8 Å². The fourth-order valence-corrected chi connectivity index (χ4v) is 4.54. The third-order valence-corrected chi connectivity index (χ3v) is 5.96. The molecule has 1 aromatic heterocycles. The average molecular weight is 334 g/mol. The van der Waals surface area contributed by atoms with Crippen LogP contribution in [0.2, 0.25) is 0 Å². The van der Waals surface area contributed by atoms with E-state index in [2.05, 4.69) is 40.9 Å². The quantitative estimate of drug-likeness (QED) is 0.777. The van der Waals surface area contributed by atoms with Crippen LogP contribution in [-0.2, 0) is 11.3 Å². The monoisotopic (exact) mass is 333 g/mol. The van der Waals surface area contributed by atoms with Gasteiger partial charge in [0.1, 0.15) is 0 Å². The zero-order valence-electron chi connectivity index (χ0n) is 14.2. The third-order valence-electron chi connectivity index (χ3n) is 5.04. The van der Waals surface area contributed by atoms with Crippen molar-refractivity contribution >= 4 is 17.2 Å². The first-order valence-corrected chi connectivity index (χ1v) is 9.52. The number of allylic oxidation sites excluding steroid dienone is 2. The lowest BCUT2D eigenvalue weighted by atomic mass is 9.93. The first-order chi connectivity index (χ1) is 11.1. The second-order valence-electron chi connectivity index (χ2n) is 6.98. The van der Waals surface area contributed by atoms with Crippen LogP contribution in [0.4, 0.5) is 0 Å². The lowest BCUT2D eigenvalue weighted by molar-refractivity contribution is -0.134. The Morgan fingerprint density at radius 2 is 2.30 bits per heavy atom. The summed E-state index contributed by atoms with van der Waals surface area (Å²) in [7, 11) is 2.18. The van der Waals surface area contributed by atoms with Crippen LogP contribution >= 0.6 is 11.3 Å². The van der Waals surface area contributed by atoms with Crippen LogP contribution in [0.1, 0.15) is 36.3 Å². The number of hydrogen-bond donors (Lipinski definition) is 0. The summed E-state index contributed by atoms with van der Waals surface area (Å²) in [4.78, 5) is 22.8. The van der Waals surface area contributed by atoms with Crippen LogP contribution < -0.4 is 0 Å². The standard InChI is InChI=1S/C18H27N3OS/c1-14-17(23-13-19-14)12-20(2)10-15-8-9-21(11-15)18(22)16-6-4-3-5-7-16/h3-4,13,15-16H,5-12H2,1-2H3/t15-,16+/m1/s1. The second kappa shape index (κ2) is 7.58. The topological polar surface area (TPSA) is 36.4 Å². The number of likely N-dealkylation sites (tertiary alicyclic amines) is 1. The van der Waals surface area contributed by atoms with E-state index in [1.807, 2.05) is 5.51 Å². The van der Waals surface area contributed by atoms with E-state index in [4.69, 9.17) is 0 Å². The Kier molecular flexibility index (Phi) is 5.49. The number of hydrogen-bond acceptors (Lipinski definition) is 4. The first-order valence-electron chi connectivity index (χ1n) is 8.64. The molecule has 1 amide bonds. The van der Waals surface area contributed by atoms with Crippen LogP contribution in [0.5, 0.6) is 0 Å². The Hall–Kier alpha value is -1.20. The molecule has 3 rings (SSSR count). The maximum atomic E-state index is 12.6. The molecule has 0 bridgehead atoms. The Balaban J connectivity index is 1.46. The molecule has 1 aliphatic heterocycles. The van der Waals surface area contributed by atoms with Crippen LogP contribution in [-0.4, -0.2) is 47.4 Å². The maximum absolute atomic E-state index is 12.6. The van der Waals surface area contributed by atoms with E-state index < -0.39 is 0 Å². The molecular formula is C18H27N3OS. The molecule has 126 valence electrons. The number of aryl methyl sites for hydroxylation is 1. The molecular weight excluding hydrogens is 306 g/mol. The highest BCUT2D eigenvalue weighted by atomic mass is 32.1.